The minimum atomic E-state index is -0.274. The third kappa shape index (κ3) is 6.82. The first kappa shape index (κ1) is 28.5. The first-order valence-corrected chi connectivity index (χ1v) is 14.2. The Balaban J connectivity index is 1.40. The Bertz CT molecular complexity index is 1430. The predicted molar refractivity (Wildman–Crippen MR) is 156 cm³/mol. The van der Waals surface area contributed by atoms with Crippen LogP contribution in [0.25, 0.3) is 11.5 Å². The van der Waals surface area contributed by atoms with E-state index < -0.39 is 0 Å². The molecule has 1 aromatic carbocycles. The van der Waals surface area contributed by atoms with Crippen LogP contribution in [-0.4, -0.2) is 56.6 Å². The zero-order chi connectivity index (χ0) is 29.0. The molecule has 2 atom stereocenters. The van der Waals surface area contributed by atoms with Crippen molar-refractivity contribution in [3.8, 4) is 11.5 Å². The third-order valence-electron chi connectivity index (χ3n) is 7.10. The van der Waals surface area contributed by atoms with Crippen LogP contribution < -0.4 is 10.6 Å². The molecule has 1 aliphatic rings. The van der Waals surface area contributed by atoms with Gasteiger partial charge in [0.2, 0.25) is 11.8 Å². The molecule has 1 fully saturated rings. The lowest BCUT2D eigenvalue weighted by atomic mass is 9.93. The van der Waals surface area contributed by atoms with Crippen molar-refractivity contribution >= 4 is 11.7 Å². The molecule has 1 saturated heterocycles. The maximum absolute atomic E-state index is 14.3. The highest BCUT2D eigenvalue weighted by Gasteiger charge is 2.35. The molecule has 10 nitrogen and oxygen atoms in total. The van der Waals surface area contributed by atoms with Gasteiger partial charge in [-0.2, -0.15) is 0 Å². The molecule has 0 unspecified atom stereocenters. The molecule has 10 heteroatoms. The number of hydrogen-bond acceptors (Lipinski definition) is 9. The lowest BCUT2D eigenvalue weighted by Crippen LogP contribution is -2.52. The second-order valence-electron chi connectivity index (χ2n) is 12.0. The Hall–Kier alpha value is -4.05. The molecule has 3 aromatic heterocycles. The maximum Gasteiger partial charge on any atom is 0.259 e. The number of amides is 1. The van der Waals surface area contributed by atoms with E-state index in [-0.39, 0.29) is 29.2 Å². The number of carbonyl (C=O) groups is 1. The lowest BCUT2D eigenvalue weighted by molar-refractivity contribution is 0.0603. The number of aromatic nitrogens is 4. The van der Waals surface area contributed by atoms with Crippen LogP contribution in [0, 0.1) is 5.92 Å². The minimum Gasteiger partial charge on any atom is -0.467 e. The molecular weight excluding hydrogens is 518 g/mol. The summed E-state index contributed by atoms with van der Waals surface area (Å²) in [5.41, 5.74) is 1.05. The second kappa shape index (κ2) is 12.2. The fraction of sp³-hybridized carbons (Fsp3) is 0.452. The fourth-order valence-electron chi connectivity index (χ4n) is 5.01. The van der Waals surface area contributed by atoms with E-state index in [1.54, 1.807) is 12.5 Å². The number of rotatable bonds is 9. The highest BCUT2D eigenvalue weighted by atomic mass is 16.4. The summed E-state index contributed by atoms with van der Waals surface area (Å²) in [6.07, 6.45) is 4.00. The van der Waals surface area contributed by atoms with Gasteiger partial charge in [0.1, 0.15) is 23.0 Å². The van der Waals surface area contributed by atoms with Crippen molar-refractivity contribution in [1.82, 2.24) is 30.4 Å². The van der Waals surface area contributed by atoms with E-state index in [0.717, 1.165) is 11.3 Å². The largest absolute Gasteiger partial charge is 0.467 e. The third-order valence-corrected chi connectivity index (χ3v) is 7.10. The zero-order valence-corrected chi connectivity index (χ0v) is 24.4. The number of nitrogens with zero attached hydrogens (tertiary/aromatic N) is 5. The minimum absolute atomic E-state index is 0.0164. The highest BCUT2D eigenvalue weighted by Crippen LogP contribution is 2.30. The van der Waals surface area contributed by atoms with Crippen LogP contribution in [0.2, 0.25) is 0 Å². The number of hydrogen-bond donors (Lipinski definition) is 2. The van der Waals surface area contributed by atoms with Crippen molar-refractivity contribution in [1.29, 1.82) is 0 Å². The molecule has 0 radical (unpaired) electrons. The van der Waals surface area contributed by atoms with Crippen LogP contribution in [0.15, 0.2) is 63.8 Å². The van der Waals surface area contributed by atoms with Crippen LogP contribution in [0.4, 0.5) is 5.82 Å². The quantitative estimate of drug-likeness (QED) is 0.283. The number of furan rings is 1. The van der Waals surface area contributed by atoms with Gasteiger partial charge in [0.15, 0.2) is 0 Å². The number of nitrogens with one attached hydrogen (secondary N) is 2. The van der Waals surface area contributed by atoms with Gasteiger partial charge < -0.3 is 24.4 Å². The summed E-state index contributed by atoms with van der Waals surface area (Å²) in [6, 6.07) is 13.4. The van der Waals surface area contributed by atoms with Gasteiger partial charge >= 0.3 is 0 Å². The van der Waals surface area contributed by atoms with Gasteiger partial charge in [-0.1, -0.05) is 52.8 Å². The van der Waals surface area contributed by atoms with E-state index in [1.165, 1.54) is 0 Å². The maximum atomic E-state index is 14.3. The monoisotopic (exact) mass is 557 g/mol. The SMILES string of the molecule is CC(C)CN(C(=O)c1cnc(C(C)(C)C)nc1NCc1ccco1)[C@@H]1CNC[C@@H](c2nnc(-c3ccccc3)o2)C1. The Morgan fingerprint density at radius 1 is 1.12 bits per heavy atom. The molecule has 0 saturated carbocycles. The van der Waals surface area contributed by atoms with E-state index in [0.29, 0.717) is 61.6 Å². The van der Waals surface area contributed by atoms with Crippen LogP contribution in [0.1, 0.15) is 74.8 Å². The van der Waals surface area contributed by atoms with Crippen LogP contribution in [-0.2, 0) is 12.0 Å². The van der Waals surface area contributed by atoms with Gasteiger partial charge in [0, 0.05) is 42.9 Å². The predicted octanol–water partition coefficient (Wildman–Crippen LogP) is 5.27. The normalized spacial score (nSPS) is 17.5. The van der Waals surface area contributed by atoms with Crippen LogP contribution in [0.3, 0.4) is 0 Å². The summed E-state index contributed by atoms with van der Waals surface area (Å²) >= 11 is 0. The number of carbonyl (C=O) groups excluding carboxylic acids is 1. The lowest BCUT2D eigenvalue weighted by Gasteiger charge is -2.38. The van der Waals surface area contributed by atoms with E-state index in [2.05, 4.69) is 60.4 Å². The topological polar surface area (TPSA) is 122 Å². The summed E-state index contributed by atoms with van der Waals surface area (Å²) < 4.78 is 11.6. The fourth-order valence-corrected chi connectivity index (χ4v) is 5.01. The summed E-state index contributed by atoms with van der Waals surface area (Å²) in [6.45, 7) is 12.8. The smallest absolute Gasteiger partial charge is 0.259 e. The summed E-state index contributed by atoms with van der Waals surface area (Å²) in [5, 5.41) is 15.5. The van der Waals surface area contributed by atoms with Crippen LogP contribution >= 0.6 is 0 Å². The molecule has 0 bridgehead atoms. The van der Waals surface area contributed by atoms with Gasteiger partial charge in [-0.3, -0.25) is 4.79 Å². The molecule has 1 amide bonds. The molecule has 41 heavy (non-hydrogen) atoms. The Kier molecular flexibility index (Phi) is 8.49. The Labute approximate surface area is 241 Å². The average molecular weight is 558 g/mol. The molecule has 0 aliphatic carbocycles. The average Bonchev–Trinajstić information content (AvgIpc) is 3.67. The van der Waals surface area contributed by atoms with E-state index in [1.807, 2.05) is 47.4 Å². The van der Waals surface area contributed by atoms with E-state index in [4.69, 9.17) is 13.8 Å². The van der Waals surface area contributed by atoms with Gasteiger partial charge in [0.25, 0.3) is 5.91 Å². The standard InChI is InChI=1S/C31H39N7O3/c1-20(2)19-38(23-14-22(15-32-16-23)28-37-36-27(41-28)21-10-7-6-8-11-21)29(39)25-18-34-30(31(3,4)5)35-26(25)33-17-24-12-9-13-40-24/h6-13,18,20,22-23,32H,14-17,19H2,1-5H3,(H,33,34,35)/t22-,23-/m0/s1. The van der Waals surface area contributed by atoms with Gasteiger partial charge in [0.05, 0.1) is 18.7 Å². The van der Waals surface area contributed by atoms with E-state index >= 15 is 0 Å². The first-order valence-electron chi connectivity index (χ1n) is 14.2. The Morgan fingerprint density at radius 3 is 2.63 bits per heavy atom. The summed E-state index contributed by atoms with van der Waals surface area (Å²) in [4.78, 5) is 25.6. The molecule has 4 heterocycles. The van der Waals surface area contributed by atoms with Crippen molar-refractivity contribution in [2.24, 2.45) is 5.92 Å². The summed E-state index contributed by atoms with van der Waals surface area (Å²) in [5.74, 6) is 3.15. The number of anilines is 1. The molecule has 2 N–H and O–H groups in total. The highest BCUT2D eigenvalue weighted by molar-refractivity contribution is 5.98. The second-order valence-corrected chi connectivity index (χ2v) is 12.0. The number of piperidine rings is 1. The van der Waals surface area contributed by atoms with Gasteiger partial charge in [-0.05, 0) is 36.6 Å². The number of benzene rings is 1. The summed E-state index contributed by atoms with van der Waals surface area (Å²) in [7, 11) is 0. The van der Waals surface area contributed by atoms with Crippen molar-refractivity contribution in [3.63, 3.8) is 0 Å². The Morgan fingerprint density at radius 2 is 1.93 bits per heavy atom. The molecule has 216 valence electrons. The van der Waals surface area contributed by atoms with E-state index in [9.17, 15) is 4.79 Å². The molecule has 4 aromatic rings. The first-order chi connectivity index (χ1) is 19.7. The van der Waals surface area contributed by atoms with Crippen molar-refractivity contribution < 1.29 is 13.6 Å². The van der Waals surface area contributed by atoms with Crippen molar-refractivity contribution in [2.45, 2.75) is 65.0 Å². The van der Waals surface area contributed by atoms with Crippen molar-refractivity contribution in [3.05, 3.63) is 78.0 Å². The van der Waals surface area contributed by atoms with Crippen molar-refractivity contribution in [2.75, 3.05) is 25.0 Å². The molecule has 0 spiro atoms. The zero-order valence-electron chi connectivity index (χ0n) is 24.4. The molecule has 5 rings (SSSR count). The van der Waals surface area contributed by atoms with Crippen LogP contribution in [0.5, 0.6) is 0 Å². The molecule has 1 aliphatic heterocycles. The molecular formula is C31H39N7O3. The van der Waals surface area contributed by atoms with Gasteiger partial charge in [-0.15, -0.1) is 10.2 Å². The van der Waals surface area contributed by atoms with Gasteiger partial charge in [-0.25, -0.2) is 9.97 Å².